The number of nitrogens with zero attached hydrogens (tertiary/aromatic N) is 2. The molecule has 36 heavy (non-hydrogen) atoms. The van der Waals surface area contributed by atoms with Gasteiger partial charge in [0.15, 0.2) is 4.90 Å². The second-order valence-corrected chi connectivity index (χ2v) is 12.4. The Morgan fingerprint density at radius 2 is 1.78 bits per heavy atom. The number of fused-ring (bicyclic) bond motifs is 1. The van der Waals surface area contributed by atoms with Crippen LogP contribution in [0.3, 0.4) is 0 Å². The van der Waals surface area contributed by atoms with Crippen LogP contribution in [0.2, 0.25) is 0 Å². The number of hydrogen-bond acceptors (Lipinski definition) is 5. The first-order valence-corrected chi connectivity index (χ1v) is 14.0. The van der Waals surface area contributed by atoms with E-state index in [-0.39, 0.29) is 24.0 Å². The average Bonchev–Trinajstić information content (AvgIpc) is 3.50. The molecule has 0 bridgehead atoms. The maximum atomic E-state index is 13.0. The fourth-order valence-electron chi connectivity index (χ4n) is 5.13. The van der Waals surface area contributed by atoms with Crippen LogP contribution in [0.5, 0.6) is 0 Å². The lowest BCUT2D eigenvalue weighted by Gasteiger charge is -2.33. The van der Waals surface area contributed by atoms with Crippen LogP contribution in [0, 0.1) is 5.92 Å². The van der Waals surface area contributed by atoms with Crippen molar-refractivity contribution >= 4 is 29.0 Å². The Morgan fingerprint density at radius 3 is 2.47 bits per heavy atom. The van der Waals surface area contributed by atoms with Crippen molar-refractivity contribution in [2.24, 2.45) is 5.92 Å². The molecule has 0 spiro atoms. The summed E-state index contributed by atoms with van der Waals surface area (Å²) < 4.78 is 20.5. The Hall–Kier alpha value is -2.71. The number of nitrogens with one attached hydrogen (secondary N) is 1. The van der Waals surface area contributed by atoms with E-state index in [1.54, 1.807) is 4.90 Å². The van der Waals surface area contributed by atoms with Gasteiger partial charge in [0, 0.05) is 31.0 Å². The Kier molecular flexibility index (Phi) is 6.92. The first kappa shape index (κ1) is 25.0. The van der Waals surface area contributed by atoms with Gasteiger partial charge >= 0.3 is 6.09 Å². The van der Waals surface area contributed by atoms with Crippen LogP contribution >= 0.6 is 0 Å². The number of carbonyl (C=O) groups excluding carboxylic acids is 2. The molecule has 0 radical (unpaired) electrons. The Balaban J connectivity index is 1.13. The van der Waals surface area contributed by atoms with Crippen molar-refractivity contribution in [2.45, 2.75) is 68.9 Å². The van der Waals surface area contributed by atoms with E-state index in [1.165, 1.54) is 11.1 Å². The molecule has 2 aromatic carbocycles. The largest absolute Gasteiger partial charge is 0.588 e. The molecule has 1 aliphatic carbocycles. The monoisotopic (exact) mass is 509 g/mol. The van der Waals surface area contributed by atoms with Gasteiger partial charge in [-0.3, -0.25) is 4.79 Å². The molecule has 2 aromatic rings. The smallest absolute Gasteiger partial charge is 0.410 e. The molecule has 2 fully saturated rings. The van der Waals surface area contributed by atoms with E-state index >= 15 is 0 Å². The van der Waals surface area contributed by atoms with Crippen LogP contribution in [0.1, 0.15) is 57.1 Å². The number of anilines is 1. The topological polar surface area (TPSA) is 84.9 Å². The van der Waals surface area contributed by atoms with Gasteiger partial charge in [-0.2, -0.15) is 4.31 Å². The van der Waals surface area contributed by atoms with E-state index in [9.17, 15) is 14.1 Å². The third kappa shape index (κ3) is 5.49. The van der Waals surface area contributed by atoms with E-state index < -0.39 is 17.0 Å². The number of hydrogen-bond donors (Lipinski definition) is 1. The van der Waals surface area contributed by atoms with E-state index in [0.29, 0.717) is 31.8 Å². The maximum Gasteiger partial charge on any atom is 0.410 e. The van der Waals surface area contributed by atoms with Crippen LogP contribution in [0.4, 0.5) is 10.5 Å². The highest BCUT2D eigenvalue weighted by Gasteiger charge is 2.42. The van der Waals surface area contributed by atoms with Gasteiger partial charge in [0.05, 0.1) is 12.2 Å². The van der Waals surface area contributed by atoms with Crippen LogP contribution in [0.15, 0.2) is 53.4 Å². The Morgan fingerprint density at radius 1 is 1.06 bits per heavy atom. The lowest BCUT2D eigenvalue weighted by Crippen LogP contribution is -2.45. The van der Waals surface area contributed by atoms with Crippen molar-refractivity contribution in [3.63, 3.8) is 0 Å². The van der Waals surface area contributed by atoms with Gasteiger partial charge < -0.3 is 19.5 Å². The van der Waals surface area contributed by atoms with E-state index in [2.05, 4.69) is 23.5 Å². The summed E-state index contributed by atoms with van der Waals surface area (Å²) in [7, 11) is 0. The third-order valence-electron chi connectivity index (χ3n) is 7.17. The molecule has 7 nitrogen and oxygen atoms in total. The summed E-state index contributed by atoms with van der Waals surface area (Å²) >= 11 is -1.21. The van der Waals surface area contributed by atoms with Crippen molar-refractivity contribution < 1.29 is 18.9 Å². The predicted octanol–water partition coefficient (Wildman–Crippen LogP) is 4.39. The molecule has 1 saturated carbocycles. The average molecular weight is 510 g/mol. The summed E-state index contributed by atoms with van der Waals surface area (Å²) in [6.07, 6.45) is 2.85. The molecule has 8 heteroatoms. The molecule has 192 valence electrons. The molecule has 3 unspecified atom stereocenters. The Labute approximate surface area is 216 Å². The molecule has 3 atom stereocenters. The molecule has 1 saturated heterocycles. The van der Waals surface area contributed by atoms with E-state index in [1.807, 2.05) is 55.4 Å². The second-order valence-electron chi connectivity index (χ2n) is 11.0. The van der Waals surface area contributed by atoms with Crippen molar-refractivity contribution in [1.29, 1.82) is 0 Å². The Bertz CT molecular complexity index is 1110. The number of ether oxygens (including phenoxy) is 1. The first-order chi connectivity index (χ1) is 17.2. The zero-order valence-corrected chi connectivity index (χ0v) is 22.1. The summed E-state index contributed by atoms with van der Waals surface area (Å²) in [4.78, 5) is 27.7. The van der Waals surface area contributed by atoms with Crippen molar-refractivity contribution in [2.75, 3.05) is 23.9 Å². The predicted molar refractivity (Wildman–Crippen MR) is 140 cm³/mol. The minimum Gasteiger partial charge on any atom is -0.588 e. The summed E-state index contributed by atoms with van der Waals surface area (Å²) in [6.45, 7) is 7.42. The number of piperidine rings is 1. The molecule has 2 heterocycles. The lowest BCUT2D eigenvalue weighted by atomic mass is 9.96. The summed E-state index contributed by atoms with van der Waals surface area (Å²) in [5.41, 5.74) is 2.99. The van der Waals surface area contributed by atoms with Gasteiger partial charge in [0.25, 0.3) is 0 Å². The summed E-state index contributed by atoms with van der Waals surface area (Å²) in [6, 6.07) is 16.2. The number of carbonyl (C=O) groups is 2. The highest BCUT2D eigenvalue weighted by Crippen LogP contribution is 2.44. The molecule has 5 rings (SSSR count). The standard InChI is InChI=1S/C28H35N3O4S/c1-28(2,3)35-27(33)30-14-11-19(12-15-30)26(32)29-24-18-23(24)20-9-10-25-21(17-20)13-16-31(25)36(34)22-7-5-4-6-8-22/h4-10,17,19,23-24H,11-16,18H2,1-3H3,(H,29,32). The minimum absolute atomic E-state index is 0.0634. The maximum absolute atomic E-state index is 13.0. The normalized spacial score (nSPS) is 22.7. The molecule has 0 aromatic heterocycles. The van der Waals surface area contributed by atoms with Gasteiger partial charge in [-0.25, -0.2) is 4.79 Å². The van der Waals surface area contributed by atoms with E-state index in [0.717, 1.165) is 30.0 Å². The molecular weight excluding hydrogens is 474 g/mol. The highest BCUT2D eigenvalue weighted by atomic mass is 32.2. The fraction of sp³-hybridized carbons (Fsp3) is 0.500. The van der Waals surface area contributed by atoms with Gasteiger partial charge in [-0.15, -0.1) is 0 Å². The minimum atomic E-state index is -1.21. The zero-order valence-electron chi connectivity index (χ0n) is 21.2. The molecular formula is C28H35N3O4S. The van der Waals surface area contributed by atoms with E-state index in [4.69, 9.17) is 4.74 Å². The van der Waals surface area contributed by atoms with Crippen LogP contribution in [-0.2, 0) is 27.3 Å². The fourth-order valence-corrected chi connectivity index (χ4v) is 6.39. The van der Waals surface area contributed by atoms with Gasteiger partial charge in [0.1, 0.15) is 17.0 Å². The number of benzene rings is 2. The van der Waals surface area contributed by atoms with Crippen LogP contribution < -0.4 is 9.62 Å². The zero-order chi connectivity index (χ0) is 25.4. The number of rotatable bonds is 5. The van der Waals surface area contributed by atoms with Gasteiger partial charge in [0.2, 0.25) is 5.91 Å². The SMILES string of the molecule is CC(C)(C)OC(=O)N1CCC(C(=O)NC2CC2c2ccc3c(c2)CCN3[S+]([O-])c2ccccc2)CC1. The lowest BCUT2D eigenvalue weighted by molar-refractivity contribution is -0.126. The van der Waals surface area contributed by atoms with Crippen molar-refractivity contribution in [1.82, 2.24) is 10.2 Å². The first-order valence-electron chi connectivity index (χ1n) is 12.9. The number of likely N-dealkylation sites (tertiary alicyclic amines) is 1. The molecule has 2 amide bonds. The quantitative estimate of drug-likeness (QED) is 0.605. The van der Waals surface area contributed by atoms with Crippen molar-refractivity contribution in [3.05, 3.63) is 59.7 Å². The summed E-state index contributed by atoms with van der Waals surface area (Å²) in [5.74, 6) is 0.359. The van der Waals surface area contributed by atoms with Crippen molar-refractivity contribution in [3.8, 4) is 0 Å². The highest BCUT2D eigenvalue weighted by molar-refractivity contribution is 7.92. The van der Waals surface area contributed by atoms with Crippen LogP contribution in [0.25, 0.3) is 0 Å². The molecule has 1 N–H and O–H groups in total. The van der Waals surface area contributed by atoms with Gasteiger partial charge in [-0.05, 0) is 75.8 Å². The van der Waals surface area contributed by atoms with Gasteiger partial charge in [-0.1, -0.05) is 30.3 Å². The third-order valence-corrected chi connectivity index (χ3v) is 8.62. The second kappa shape index (κ2) is 9.98. The summed E-state index contributed by atoms with van der Waals surface area (Å²) in [5, 5.41) is 3.24. The van der Waals surface area contributed by atoms with Crippen LogP contribution in [-0.4, -0.2) is 52.7 Å². The molecule has 3 aliphatic rings. The number of amides is 2. The molecule has 2 aliphatic heterocycles.